The van der Waals surface area contributed by atoms with Crippen LogP contribution >= 0.6 is 27.3 Å². The smallest absolute Gasteiger partial charge is 0.196 e. The molecule has 0 saturated carbocycles. The summed E-state index contributed by atoms with van der Waals surface area (Å²) in [6.07, 6.45) is 0. The molecular weight excluding hydrogens is 268 g/mol. The van der Waals surface area contributed by atoms with Gasteiger partial charge < -0.3 is 5.32 Å². The molecule has 14 heavy (non-hydrogen) atoms. The Labute approximate surface area is 92.3 Å². The second-order valence-corrected chi connectivity index (χ2v) is 4.28. The zero-order chi connectivity index (χ0) is 9.97. The minimum Gasteiger partial charge on any atom is -0.352 e. The number of H-pyrrole nitrogens is 1. The average molecular weight is 275 g/mol. The molecule has 2 aromatic heterocycles. The number of hydrogen-bond donors (Lipinski definition) is 2. The summed E-state index contributed by atoms with van der Waals surface area (Å²) in [5.74, 6) is 0.622. The van der Waals surface area contributed by atoms with Gasteiger partial charge in [-0.05, 0) is 22.9 Å². The Hall–Kier alpha value is -1.02. The van der Waals surface area contributed by atoms with Gasteiger partial charge in [0.2, 0.25) is 0 Å². The van der Waals surface area contributed by atoms with Crippen LogP contribution in [0.25, 0.3) is 0 Å². The quantitative estimate of drug-likeness (QED) is 0.889. The number of anilines is 1. The Morgan fingerprint density at radius 3 is 3.07 bits per heavy atom. The SMILES string of the molecule is CC(Nc1nc(Br)cs1)c1nn[nH]n1. The van der Waals surface area contributed by atoms with Crippen LogP contribution in [0.1, 0.15) is 18.8 Å². The zero-order valence-electron chi connectivity index (χ0n) is 7.23. The van der Waals surface area contributed by atoms with Gasteiger partial charge in [-0.2, -0.15) is 5.21 Å². The van der Waals surface area contributed by atoms with Crippen molar-refractivity contribution < 1.29 is 0 Å². The molecular formula is C6H7BrN6S. The molecule has 2 aromatic rings. The van der Waals surface area contributed by atoms with E-state index in [9.17, 15) is 0 Å². The molecule has 0 spiro atoms. The van der Waals surface area contributed by atoms with Crippen molar-refractivity contribution in [3.8, 4) is 0 Å². The highest BCUT2D eigenvalue weighted by atomic mass is 79.9. The van der Waals surface area contributed by atoms with E-state index < -0.39 is 0 Å². The van der Waals surface area contributed by atoms with Crippen molar-refractivity contribution in [3.05, 3.63) is 15.8 Å². The molecule has 1 unspecified atom stereocenters. The van der Waals surface area contributed by atoms with Crippen LogP contribution in [0.5, 0.6) is 0 Å². The Morgan fingerprint density at radius 1 is 1.64 bits per heavy atom. The van der Waals surface area contributed by atoms with Crippen LogP contribution in [-0.4, -0.2) is 25.6 Å². The van der Waals surface area contributed by atoms with E-state index >= 15 is 0 Å². The maximum atomic E-state index is 4.20. The van der Waals surface area contributed by atoms with Gasteiger partial charge in [0.05, 0.1) is 6.04 Å². The van der Waals surface area contributed by atoms with Crippen LogP contribution in [0.4, 0.5) is 5.13 Å². The Kier molecular flexibility index (Phi) is 2.73. The molecule has 0 radical (unpaired) electrons. The molecule has 2 rings (SSSR count). The number of nitrogens with zero attached hydrogens (tertiary/aromatic N) is 4. The molecule has 8 heteroatoms. The van der Waals surface area contributed by atoms with Crippen LogP contribution < -0.4 is 5.32 Å². The molecule has 1 atom stereocenters. The predicted molar refractivity (Wildman–Crippen MR) is 56.0 cm³/mol. The highest BCUT2D eigenvalue weighted by molar-refractivity contribution is 9.10. The fourth-order valence-corrected chi connectivity index (χ4v) is 2.16. The summed E-state index contributed by atoms with van der Waals surface area (Å²) in [7, 11) is 0. The third-order valence-electron chi connectivity index (χ3n) is 1.57. The minimum atomic E-state index is -0.00759. The first kappa shape index (κ1) is 9.53. The van der Waals surface area contributed by atoms with Gasteiger partial charge in [-0.1, -0.05) is 5.21 Å². The van der Waals surface area contributed by atoms with E-state index in [0.29, 0.717) is 5.82 Å². The molecule has 6 nitrogen and oxygen atoms in total. The van der Waals surface area contributed by atoms with Crippen molar-refractivity contribution in [2.45, 2.75) is 13.0 Å². The van der Waals surface area contributed by atoms with Crippen molar-refractivity contribution in [2.75, 3.05) is 5.32 Å². The second kappa shape index (κ2) is 4.01. The number of halogens is 1. The highest BCUT2D eigenvalue weighted by Crippen LogP contribution is 2.22. The molecule has 0 amide bonds. The summed E-state index contributed by atoms with van der Waals surface area (Å²) in [4.78, 5) is 4.20. The molecule has 0 aliphatic carbocycles. The number of nitrogens with one attached hydrogen (secondary N) is 2. The van der Waals surface area contributed by atoms with Crippen molar-refractivity contribution in [1.29, 1.82) is 0 Å². The third-order valence-corrected chi connectivity index (χ3v) is 3.05. The molecule has 0 bridgehead atoms. The molecule has 0 aliphatic rings. The van der Waals surface area contributed by atoms with Crippen molar-refractivity contribution in [3.63, 3.8) is 0 Å². The standard InChI is InChI=1S/C6H7BrN6S/c1-3(5-10-12-13-11-5)8-6-9-4(7)2-14-6/h2-3H,1H3,(H,8,9)(H,10,11,12,13). The highest BCUT2D eigenvalue weighted by Gasteiger charge is 2.11. The van der Waals surface area contributed by atoms with E-state index in [1.807, 2.05) is 12.3 Å². The lowest BCUT2D eigenvalue weighted by atomic mass is 10.3. The zero-order valence-corrected chi connectivity index (χ0v) is 9.63. The monoisotopic (exact) mass is 274 g/mol. The number of hydrogen-bond acceptors (Lipinski definition) is 6. The third kappa shape index (κ3) is 2.07. The van der Waals surface area contributed by atoms with Crippen LogP contribution in [0, 0.1) is 0 Å². The minimum absolute atomic E-state index is 0.00759. The molecule has 0 fully saturated rings. The Morgan fingerprint density at radius 2 is 2.50 bits per heavy atom. The van der Waals surface area contributed by atoms with Gasteiger partial charge in [0.1, 0.15) is 4.60 Å². The average Bonchev–Trinajstić information content (AvgIpc) is 2.75. The van der Waals surface area contributed by atoms with Crippen LogP contribution in [0.15, 0.2) is 9.98 Å². The summed E-state index contributed by atoms with van der Waals surface area (Å²) in [6, 6.07) is -0.00759. The van der Waals surface area contributed by atoms with Crippen molar-refractivity contribution >= 4 is 32.4 Å². The number of aromatic amines is 1. The number of rotatable bonds is 3. The van der Waals surface area contributed by atoms with Gasteiger partial charge in [-0.3, -0.25) is 0 Å². The normalized spacial score (nSPS) is 12.7. The second-order valence-electron chi connectivity index (χ2n) is 2.61. The van der Waals surface area contributed by atoms with E-state index in [2.05, 4.69) is 46.9 Å². The summed E-state index contributed by atoms with van der Waals surface area (Å²) in [5, 5.41) is 19.5. The number of aromatic nitrogens is 5. The summed E-state index contributed by atoms with van der Waals surface area (Å²) in [5.41, 5.74) is 0. The molecule has 74 valence electrons. The summed E-state index contributed by atoms with van der Waals surface area (Å²) < 4.78 is 0.824. The predicted octanol–water partition coefficient (Wildman–Crippen LogP) is 1.59. The molecule has 2 N–H and O–H groups in total. The van der Waals surface area contributed by atoms with Gasteiger partial charge in [0.15, 0.2) is 11.0 Å². The Bertz CT molecular complexity index is 398. The van der Waals surface area contributed by atoms with Crippen LogP contribution in [0.2, 0.25) is 0 Å². The molecule has 0 aliphatic heterocycles. The lowest BCUT2D eigenvalue weighted by Crippen LogP contribution is -2.08. The van der Waals surface area contributed by atoms with E-state index in [-0.39, 0.29) is 6.04 Å². The van der Waals surface area contributed by atoms with E-state index in [0.717, 1.165) is 9.73 Å². The first-order valence-corrected chi connectivity index (χ1v) is 5.54. The van der Waals surface area contributed by atoms with Gasteiger partial charge in [0, 0.05) is 5.38 Å². The summed E-state index contributed by atoms with van der Waals surface area (Å²) in [6.45, 7) is 1.94. The van der Waals surface area contributed by atoms with Gasteiger partial charge in [-0.15, -0.1) is 21.5 Å². The first-order chi connectivity index (χ1) is 6.75. The fourth-order valence-electron chi connectivity index (χ4n) is 0.923. The van der Waals surface area contributed by atoms with E-state index in [1.54, 1.807) is 0 Å². The molecule has 0 saturated heterocycles. The topological polar surface area (TPSA) is 79.4 Å². The maximum absolute atomic E-state index is 4.20. The van der Waals surface area contributed by atoms with Gasteiger partial charge in [-0.25, -0.2) is 4.98 Å². The molecule has 0 aromatic carbocycles. The van der Waals surface area contributed by atoms with E-state index in [1.165, 1.54) is 11.3 Å². The largest absolute Gasteiger partial charge is 0.352 e. The van der Waals surface area contributed by atoms with Gasteiger partial charge >= 0.3 is 0 Å². The van der Waals surface area contributed by atoms with Crippen molar-refractivity contribution in [2.24, 2.45) is 0 Å². The number of thiazole rings is 1. The maximum Gasteiger partial charge on any atom is 0.196 e. The van der Waals surface area contributed by atoms with E-state index in [4.69, 9.17) is 0 Å². The lowest BCUT2D eigenvalue weighted by molar-refractivity contribution is 0.791. The van der Waals surface area contributed by atoms with Gasteiger partial charge in [0.25, 0.3) is 0 Å². The molecule has 2 heterocycles. The van der Waals surface area contributed by atoms with Crippen LogP contribution in [0.3, 0.4) is 0 Å². The van der Waals surface area contributed by atoms with Crippen molar-refractivity contribution in [1.82, 2.24) is 25.6 Å². The fraction of sp³-hybridized carbons (Fsp3) is 0.333. The first-order valence-electron chi connectivity index (χ1n) is 3.86. The summed E-state index contributed by atoms with van der Waals surface area (Å²) >= 11 is 4.80. The number of tetrazole rings is 1. The lowest BCUT2D eigenvalue weighted by Gasteiger charge is -2.06. The Balaban J connectivity index is 2.05. The van der Waals surface area contributed by atoms with Crippen LogP contribution in [-0.2, 0) is 0 Å².